The van der Waals surface area contributed by atoms with Crippen LogP contribution in [0.15, 0.2) is 66.0 Å². The van der Waals surface area contributed by atoms with Gasteiger partial charge in [-0.25, -0.2) is 17.8 Å². The van der Waals surface area contributed by atoms with E-state index < -0.39 is 34.2 Å². The number of likely N-dealkylation sites (N-methyl/N-ethyl adjacent to an activating group) is 1. The molecule has 0 aliphatic carbocycles. The molecule has 2 aromatic carbocycles. The summed E-state index contributed by atoms with van der Waals surface area (Å²) in [5.74, 6) is -1.84. The lowest BCUT2D eigenvalue weighted by molar-refractivity contribution is -0.121. The summed E-state index contributed by atoms with van der Waals surface area (Å²) in [6, 6.07) is 11.6. The lowest BCUT2D eigenvalue weighted by atomic mass is 10.2. The number of sulfonamides is 1. The number of aromatic nitrogens is 2. The summed E-state index contributed by atoms with van der Waals surface area (Å²) in [5, 5.41) is 0. The number of hydrogen-bond acceptors (Lipinski definition) is 5. The summed E-state index contributed by atoms with van der Waals surface area (Å²) in [7, 11) is -2.60. The van der Waals surface area contributed by atoms with Gasteiger partial charge in [-0.2, -0.15) is 4.31 Å². The molecule has 0 unspecified atom stereocenters. The molecule has 3 aromatic rings. The maximum atomic E-state index is 13.1. The molecule has 31 heavy (non-hydrogen) atoms. The van der Waals surface area contributed by atoms with Crippen LogP contribution in [0.25, 0.3) is 5.69 Å². The van der Waals surface area contributed by atoms with Gasteiger partial charge in [-0.1, -0.05) is 17.7 Å². The van der Waals surface area contributed by atoms with Crippen molar-refractivity contribution in [3.05, 3.63) is 78.1 Å². The molecular weight excluding hydrogens is 425 g/mol. The summed E-state index contributed by atoms with van der Waals surface area (Å²) in [6.07, 6.45) is 2.64. The molecule has 0 atom stereocenters. The summed E-state index contributed by atoms with van der Waals surface area (Å²) < 4.78 is 40.5. The summed E-state index contributed by atoms with van der Waals surface area (Å²) in [5.41, 5.74) is 5.89. The third-order valence-corrected chi connectivity index (χ3v) is 6.20. The molecule has 9 nitrogen and oxygen atoms in total. The monoisotopic (exact) mass is 445 g/mol. The number of amides is 2. The van der Waals surface area contributed by atoms with Crippen LogP contribution in [0.3, 0.4) is 0 Å². The molecule has 11 heteroatoms. The molecule has 0 spiro atoms. The van der Waals surface area contributed by atoms with Crippen molar-refractivity contribution in [2.45, 2.75) is 11.8 Å². The standard InChI is InChI=1S/C20H20FN5O4S/c1-14-3-9-17(10-4-14)31(29,30)25(2)12-19(27)23-24-20(28)18-11-22-13-26(18)16-7-5-15(21)6-8-16/h3-11,13H,12H2,1-2H3,(H,23,27)(H,24,28). The van der Waals surface area contributed by atoms with Gasteiger partial charge in [0.25, 0.3) is 11.8 Å². The second-order valence-corrected chi connectivity index (χ2v) is 8.75. The van der Waals surface area contributed by atoms with Crippen LogP contribution in [-0.2, 0) is 14.8 Å². The molecule has 162 valence electrons. The highest BCUT2D eigenvalue weighted by atomic mass is 32.2. The number of hydrogen-bond donors (Lipinski definition) is 2. The Hall–Kier alpha value is -3.57. The van der Waals surface area contributed by atoms with E-state index in [4.69, 9.17) is 0 Å². The van der Waals surface area contributed by atoms with Crippen LogP contribution in [0.4, 0.5) is 4.39 Å². The number of benzene rings is 2. The SMILES string of the molecule is Cc1ccc(S(=O)(=O)N(C)CC(=O)NNC(=O)c2cncn2-c2ccc(F)cc2)cc1. The number of imidazole rings is 1. The van der Waals surface area contributed by atoms with Gasteiger partial charge in [0.15, 0.2) is 0 Å². The largest absolute Gasteiger partial charge is 0.295 e. The minimum absolute atomic E-state index is 0.0561. The highest BCUT2D eigenvalue weighted by Gasteiger charge is 2.23. The Kier molecular flexibility index (Phi) is 6.47. The molecule has 0 fully saturated rings. The Morgan fingerprint density at radius 1 is 1.06 bits per heavy atom. The Bertz CT molecular complexity index is 1190. The molecular formula is C20H20FN5O4S. The van der Waals surface area contributed by atoms with Crippen LogP contribution in [-0.4, -0.2) is 47.7 Å². The maximum Gasteiger partial charge on any atom is 0.288 e. The third-order valence-electron chi connectivity index (χ3n) is 4.39. The van der Waals surface area contributed by atoms with Gasteiger partial charge >= 0.3 is 0 Å². The van der Waals surface area contributed by atoms with Crippen LogP contribution in [0.2, 0.25) is 0 Å². The first kappa shape index (κ1) is 22.1. The van der Waals surface area contributed by atoms with Crippen molar-refractivity contribution in [2.24, 2.45) is 0 Å². The first-order chi connectivity index (χ1) is 14.7. The Labute approximate surface area is 178 Å². The van der Waals surface area contributed by atoms with Crippen LogP contribution in [0.5, 0.6) is 0 Å². The average molecular weight is 445 g/mol. The lowest BCUT2D eigenvalue weighted by Gasteiger charge is -2.17. The van der Waals surface area contributed by atoms with Crippen molar-refractivity contribution >= 4 is 21.8 Å². The van der Waals surface area contributed by atoms with Gasteiger partial charge in [0, 0.05) is 12.7 Å². The predicted molar refractivity (Wildman–Crippen MR) is 110 cm³/mol. The highest BCUT2D eigenvalue weighted by molar-refractivity contribution is 7.89. The number of carbonyl (C=O) groups is 2. The van der Waals surface area contributed by atoms with Gasteiger partial charge in [0.1, 0.15) is 11.5 Å². The number of halogens is 1. The first-order valence-corrected chi connectivity index (χ1v) is 10.5. The number of nitrogens with zero attached hydrogens (tertiary/aromatic N) is 3. The van der Waals surface area contributed by atoms with Crippen LogP contribution in [0.1, 0.15) is 16.1 Å². The zero-order valence-corrected chi connectivity index (χ0v) is 17.6. The topological polar surface area (TPSA) is 113 Å². The third kappa shape index (κ3) is 5.13. The number of nitrogens with one attached hydrogen (secondary N) is 2. The minimum atomic E-state index is -3.86. The van der Waals surface area contributed by atoms with E-state index in [9.17, 15) is 22.4 Å². The van der Waals surface area contributed by atoms with E-state index in [1.807, 2.05) is 6.92 Å². The van der Waals surface area contributed by atoms with Crippen molar-refractivity contribution in [3.63, 3.8) is 0 Å². The molecule has 1 heterocycles. The van der Waals surface area contributed by atoms with Gasteiger partial charge < -0.3 is 0 Å². The average Bonchev–Trinajstić information content (AvgIpc) is 3.23. The minimum Gasteiger partial charge on any atom is -0.295 e. The molecule has 0 saturated heterocycles. The van der Waals surface area contributed by atoms with Crippen molar-refractivity contribution in [1.82, 2.24) is 24.7 Å². The van der Waals surface area contributed by atoms with E-state index in [-0.39, 0.29) is 10.6 Å². The fourth-order valence-corrected chi connectivity index (χ4v) is 3.81. The fraction of sp³-hybridized carbons (Fsp3) is 0.150. The smallest absolute Gasteiger partial charge is 0.288 e. The zero-order valence-electron chi connectivity index (χ0n) is 16.7. The number of aryl methyl sites for hydroxylation is 1. The molecule has 2 amide bonds. The first-order valence-electron chi connectivity index (χ1n) is 9.09. The van der Waals surface area contributed by atoms with E-state index >= 15 is 0 Å². The van der Waals surface area contributed by atoms with Crippen molar-refractivity contribution in [3.8, 4) is 5.69 Å². The molecule has 0 aliphatic rings. The molecule has 2 N–H and O–H groups in total. The van der Waals surface area contributed by atoms with Crippen molar-refractivity contribution < 1.29 is 22.4 Å². The van der Waals surface area contributed by atoms with E-state index in [0.29, 0.717) is 5.69 Å². The zero-order chi connectivity index (χ0) is 22.6. The lowest BCUT2D eigenvalue weighted by Crippen LogP contribution is -2.47. The Morgan fingerprint density at radius 2 is 1.71 bits per heavy atom. The second kappa shape index (κ2) is 9.06. The fourth-order valence-electron chi connectivity index (χ4n) is 2.68. The highest BCUT2D eigenvalue weighted by Crippen LogP contribution is 2.15. The number of carbonyl (C=O) groups excluding carboxylic acids is 2. The van der Waals surface area contributed by atoms with Crippen LogP contribution < -0.4 is 10.9 Å². The Morgan fingerprint density at radius 3 is 2.35 bits per heavy atom. The van der Waals surface area contributed by atoms with Gasteiger partial charge in [0.05, 0.1) is 24.0 Å². The van der Waals surface area contributed by atoms with Gasteiger partial charge in [0.2, 0.25) is 10.0 Å². The predicted octanol–water partition coefficient (Wildman–Crippen LogP) is 1.40. The molecule has 0 saturated carbocycles. The number of hydrazine groups is 1. The summed E-state index contributed by atoms with van der Waals surface area (Å²) >= 11 is 0. The van der Waals surface area contributed by atoms with E-state index in [1.54, 1.807) is 12.1 Å². The van der Waals surface area contributed by atoms with Gasteiger partial charge in [-0.3, -0.25) is 25.0 Å². The van der Waals surface area contributed by atoms with Gasteiger partial charge in [-0.15, -0.1) is 0 Å². The normalized spacial score (nSPS) is 11.4. The molecule has 0 bridgehead atoms. The molecule has 0 radical (unpaired) electrons. The molecule has 3 rings (SSSR count). The van der Waals surface area contributed by atoms with Crippen LogP contribution in [0, 0.1) is 12.7 Å². The van der Waals surface area contributed by atoms with Gasteiger partial charge in [-0.05, 0) is 43.3 Å². The number of rotatable bonds is 6. The van der Waals surface area contributed by atoms with Crippen LogP contribution >= 0.6 is 0 Å². The molecule has 1 aromatic heterocycles. The summed E-state index contributed by atoms with van der Waals surface area (Å²) in [4.78, 5) is 28.5. The van der Waals surface area contributed by atoms with E-state index in [2.05, 4.69) is 15.8 Å². The van der Waals surface area contributed by atoms with Crippen molar-refractivity contribution in [2.75, 3.05) is 13.6 Å². The maximum absolute atomic E-state index is 13.1. The quantitative estimate of drug-likeness (QED) is 0.557. The Balaban J connectivity index is 1.61. The second-order valence-electron chi connectivity index (χ2n) is 6.70. The van der Waals surface area contributed by atoms with E-state index in [1.165, 1.54) is 60.5 Å². The summed E-state index contributed by atoms with van der Waals surface area (Å²) in [6.45, 7) is 1.33. The van der Waals surface area contributed by atoms with Crippen molar-refractivity contribution in [1.29, 1.82) is 0 Å². The van der Waals surface area contributed by atoms with E-state index in [0.717, 1.165) is 9.87 Å². The molecule has 0 aliphatic heterocycles.